The number of nitrogens with one attached hydrogen (secondary N) is 1. The van der Waals surface area contributed by atoms with Crippen LogP contribution in [0.1, 0.15) is 258 Å². The number of hydrogen-bond donors (Lipinski definition) is 9. The Balaban J connectivity index is 1.73. The summed E-state index contributed by atoms with van der Waals surface area (Å²) in [4.78, 5) is 13.3. The van der Waals surface area contributed by atoms with E-state index in [0.29, 0.717) is 12.8 Å². The third-order valence-corrected chi connectivity index (χ3v) is 16.0. The molecule has 0 spiro atoms. The SMILES string of the molecule is CC/C=C\C/C=C\C/C=C\C/C=C\CCCCCCCCCCCCCCC(=O)NC(COC1OC(CO)C(OC2OC(CO)C(O)C(O)C2O)C(O)C1O)C(O)/C=C/CC/C=C/CC/C=C/CCCCCCCCCCCCCCCCC. The molecular weight excluding hydrogens is 1060 g/mol. The van der Waals surface area contributed by atoms with Gasteiger partial charge in [-0.25, -0.2) is 0 Å². The maximum atomic E-state index is 13.3. The van der Waals surface area contributed by atoms with E-state index in [1.165, 1.54) is 148 Å². The molecule has 0 bridgehead atoms. The molecule has 84 heavy (non-hydrogen) atoms. The van der Waals surface area contributed by atoms with Gasteiger partial charge in [0.1, 0.15) is 48.8 Å². The van der Waals surface area contributed by atoms with Crippen LogP contribution in [0.3, 0.4) is 0 Å². The average Bonchev–Trinajstić information content (AvgIpc) is 3.18. The van der Waals surface area contributed by atoms with Gasteiger partial charge in [-0.1, -0.05) is 253 Å². The molecule has 1 amide bonds. The minimum absolute atomic E-state index is 0.257. The van der Waals surface area contributed by atoms with Crippen LogP contribution in [-0.2, 0) is 23.7 Å². The molecule has 12 unspecified atom stereocenters. The zero-order chi connectivity index (χ0) is 60.9. The number of aliphatic hydroxyl groups excluding tert-OH is 8. The van der Waals surface area contributed by atoms with Crippen molar-refractivity contribution < 1.29 is 64.6 Å². The number of unbranched alkanes of at least 4 members (excludes halogenated alkanes) is 29. The van der Waals surface area contributed by atoms with Crippen molar-refractivity contribution in [3.8, 4) is 0 Å². The highest BCUT2D eigenvalue weighted by Gasteiger charge is 2.51. The number of carbonyl (C=O) groups excluding carboxylic acids is 1. The first-order chi connectivity index (χ1) is 41.1. The molecule has 0 aromatic rings. The fraction of sp³-hybridized carbons (Fsp3) is 0.786. The van der Waals surface area contributed by atoms with Gasteiger partial charge in [-0.3, -0.25) is 4.79 Å². The zero-order valence-corrected chi connectivity index (χ0v) is 52.6. The summed E-state index contributed by atoms with van der Waals surface area (Å²) >= 11 is 0. The van der Waals surface area contributed by atoms with Crippen molar-refractivity contribution >= 4 is 5.91 Å². The Hall–Kier alpha value is -2.83. The third kappa shape index (κ3) is 38.4. The Morgan fingerprint density at radius 3 is 1.31 bits per heavy atom. The molecule has 2 heterocycles. The predicted molar refractivity (Wildman–Crippen MR) is 341 cm³/mol. The van der Waals surface area contributed by atoms with Crippen molar-refractivity contribution in [1.29, 1.82) is 0 Å². The standard InChI is InChI=1S/C70H123NO13/c1-3-5-7-9-11-13-15-17-19-21-23-25-27-29-31-33-35-37-39-41-43-45-47-49-51-53-59(74)58(57-81-69-67(80)65(78)68(61(56-73)83-69)84-70-66(79)64(77)63(76)60(55-72)82-70)71-62(75)54-52-50-48-46-44-42-40-38-36-34-32-30-28-26-24-22-20-18-16-14-12-10-8-6-4-2/h6,8,12,14,18,20,24,26,35,37,43,45,51,53,58-61,63-70,72-74,76-80H,3-5,7,9-11,13,15-17,19,21-23,25,27-34,36,38-42,44,46-50,52,54-57H2,1-2H3,(H,71,75)/b8-6-,14-12-,20-18-,26-24-,37-35+,45-43+,53-51+. The molecule has 2 saturated heterocycles. The highest BCUT2D eigenvalue weighted by molar-refractivity contribution is 5.76. The second-order valence-corrected chi connectivity index (χ2v) is 23.5. The van der Waals surface area contributed by atoms with Crippen molar-refractivity contribution in [3.05, 3.63) is 85.1 Å². The lowest BCUT2D eigenvalue weighted by Gasteiger charge is -2.46. The van der Waals surface area contributed by atoms with E-state index in [1.54, 1.807) is 6.08 Å². The number of ether oxygens (including phenoxy) is 4. The van der Waals surface area contributed by atoms with Crippen molar-refractivity contribution in [2.24, 2.45) is 0 Å². The van der Waals surface area contributed by atoms with Crippen LogP contribution in [0.5, 0.6) is 0 Å². The minimum Gasteiger partial charge on any atom is -0.394 e. The van der Waals surface area contributed by atoms with Gasteiger partial charge in [0.15, 0.2) is 12.6 Å². The number of hydrogen-bond acceptors (Lipinski definition) is 13. The van der Waals surface area contributed by atoms with Crippen molar-refractivity contribution in [2.45, 2.75) is 331 Å². The minimum atomic E-state index is -1.80. The van der Waals surface area contributed by atoms with Gasteiger partial charge >= 0.3 is 0 Å². The van der Waals surface area contributed by atoms with Crippen LogP contribution in [0.2, 0.25) is 0 Å². The van der Waals surface area contributed by atoms with Gasteiger partial charge < -0.3 is 65.1 Å². The molecule has 14 heteroatoms. The summed E-state index contributed by atoms with van der Waals surface area (Å²) < 4.78 is 22.8. The van der Waals surface area contributed by atoms with E-state index >= 15 is 0 Å². The second-order valence-electron chi connectivity index (χ2n) is 23.5. The van der Waals surface area contributed by atoms with Gasteiger partial charge in [-0.05, 0) is 83.5 Å². The normalized spacial score (nSPS) is 24.2. The van der Waals surface area contributed by atoms with Gasteiger partial charge in [-0.2, -0.15) is 0 Å². The summed E-state index contributed by atoms with van der Waals surface area (Å²) in [6.45, 7) is 2.68. The first-order valence-corrected chi connectivity index (χ1v) is 33.8. The molecule has 0 aliphatic carbocycles. The highest BCUT2D eigenvalue weighted by atomic mass is 16.7. The summed E-state index contributed by atoms with van der Waals surface area (Å²) in [7, 11) is 0. The number of carbonyl (C=O) groups is 1. The van der Waals surface area contributed by atoms with Crippen LogP contribution in [0.15, 0.2) is 85.1 Å². The highest BCUT2D eigenvalue weighted by Crippen LogP contribution is 2.30. The molecule has 14 nitrogen and oxygen atoms in total. The Labute approximate surface area is 510 Å². The molecule has 2 aliphatic rings. The summed E-state index contributed by atoms with van der Waals surface area (Å²) in [5.74, 6) is -0.257. The Bertz CT molecular complexity index is 1730. The zero-order valence-electron chi connectivity index (χ0n) is 52.6. The van der Waals surface area contributed by atoms with Crippen molar-refractivity contribution in [1.82, 2.24) is 5.32 Å². The smallest absolute Gasteiger partial charge is 0.220 e. The molecule has 0 saturated carbocycles. The van der Waals surface area contributed by atoms with Crippen LogP contribution < -0.4 is 5.32 Å². The van der Waals surface area contributed by atoms with Crippen molar-refractivity contribution in [2.75, 3.05) is 19.8 Å². The Morgan fingerprint density at radius 1 is 0.440 bits per heavy atom. The van der Waals surface area contributed by atoms with E-state index in [0.717, 1.165) is 77.0 Å². The Morgan fingerprint density at radius 2 is 0.833 bits per heavy atom. The van der Waals surface area contributed by atoms with Crippen molar-refractivity contribution in [3.63, 3.8) is 0 Å². The fourth-order valence-corrected chi connectivity index (χ4v) is 10.7. The van der Waals surface area contributed by atoms with Gasteiger partial charge in [0.2, 0.25) is 5.91 Å². The molecule has 2 aliphatic heterocycles. The fourth-order valence-electron chi connectivity index (χ4n) is 10.7. The number of amides is 1. The summed E-state index contributed by atoms with van der Waals surface area (Å²) in [6, 6.07) is -0.945. The lowest BCUT2D eigenvalue weighted by Crippen LogP contribution is -2.65. The third-order valence-electron chi connectivity index (χ3n) is 16.0. The van der Waals surface area contributed by atoms with Crippen LogP contribution in [0, 0.1) is 0 Å². The largest absolute Gasteiger partial charge is 0.394 e. The number of rotatable bonds is 54. The van der Waals surface area contributed by atoms with E-state index in [1.807, 2.05) is 6.08 Å². The topological polar surface area (TPSA) is 228 Å². The van der Waals surface area contributed by atoms with Crippen LogP contribution >= 0.6 is 0 Å². The molecule has 0 aromatic heterocycles. The summed E-state index contributed by atoms with van der Waals surface area (Å²) in [5, 5.41) is 87.3. The predicted octanol–water partition coefficient (Wildman–Crippen LogP) is 13.2. The maximum absolute atomic E-state index is 13.3. The van der Waals surface area contributed by atoms with E-state index in [4.69, 9.17) is 18.9 Å². The maximum Gasteiger partial charge on any atom is 0.220 e. The van der Waals surface area contributed by atoms with Crippen LogP contribution in [-0.4, -0.2) is 140 Å². The van der Waals surface area contributed by atoms with E-state index in [-0.39, 0.29) is 18.9 Å². The van der Waals surface area contributed by atoms with Crippen LogP contribution in [0.4, 0.5) is 0 Å². The molecule has 0 aromatic carbocycles. The first kappa shape index (κ1) is 77.3. The molecule has 12 atom stereocenters. The number of aliphatic hydroxyl groups is 8. The lowest BCUT2D eigenvalue weighted by molar-refractivity contribution is -0.359. The summed E-state index contributed by atoms with van der Waals surface area (Å²) in [5.41, 5.74) is 0. The van der Waals surface area contributed by atoms with E-state index in [9.17, 15) is 45.6 Å². The van der Waals surface area contributed by atoms with E-state index < -0.39 is 86.8 Å². The second kappa shape index (κ2) is 54.3. The molecular formula is C70H123NO13. The lowest BCUT2D eigenvalue weighted by atomic mass is 9.97. The molecule has 9 N–H and O–H groups in total. The summed E-state index contributed by atoms with van der Waals surface area (Å²) in [6.07, 6.45) is 57.7. The molecule has 0 radical (unpaired) electrons. The van der Waals surface area contributed by atoms with E-state index in [2.05, 4.69) is 92.1 Å². The van der Waals surface area contributed by atoms with Gasteiger partial charge in [0.25, 0.3) is 0 Å². The van der Waals surface area contributed by atoms with Gasteiger partial charge in [0, 0.05) is 6.42 Å². The Kier molecular flexibility index (Phi) is 50.0. The van der Waals surface area contributed by atoms with Crippen LogP contribution in [0.25, 0.3) is 0 Å². The molecule has 486 valence electrons. The first-order valence-electron chi connectivity index (χ1n) is 33.8. The van der Waals surface area contributed by atoms with Gasteiger partial charge in [-0.15, -0.1) is 0 Å². The quantitative estimate of drug-likeness (QED) is 0.0204. The molecule has 2 rings (SSSR count). The number of allylic oxidation sites excluding steroid dienone is 13. The average molecular weight is 1190 g/mol. The molecule has 2 fully saturated rings. The monoisotopic (exact) mass is 1190 g/mol. The van der Waals surface area contributed by atoms with Gasteiger partial charge in [0.05, 0.1) is 32.0 Å².